The Morgan fingerprint density at radius 3 is 2.47 bits per heavy atom. The molecule has 0 spiro atoms. The maximum absolute atomic E-state index is 12.6. The molecule has 1 aliphatic heterocycles. The van der Waals surface area contributed by atoms with Gasteiger partial charge in [-0.15, -0.1) is 0 Å². The molecular weight excluding hydrogens is 323 g/mol. The molecule has 19 heavy (non-hydrogen) atoms. The monoisotopic (exact) mass is 329 g/mol. The van der Waals surface area contributed by atoms with E-state index in [2.05, 4.69) is 21.2 Å². The summed E-state index contributed by atoms with van der Waals surface area (Å²) in [6, 6.07) is 8.64. The molecule has 2 aromatic carbocycles. The molecule has 3 rings (SSSR count). The molecule has 0 saturated heterocycles. The number of alkyl halides is 3. The summed E-state index contributed by atoms with van der Waals surface area (Å²) in [4.78, 5) is 0. The Hall–Kier alpha value is -1.69. The zero-order valence-corrected chi connectivity index (χ0v) is 11.0. The highest BCUT2D eigenvalue weighted by Gasteiger charge is 2.32. The number of rotatable bonds is 0. The number of benzene rings is 2. The van der Waals surface area contributed by atoms with Gasteiger partial charge < -0.3 is 10.1 Å². The fourth-order valence-corrected chi connectivity index (χ4v) is 2.20. The minimum Gasteiger partial charge on any atom is -0.453 e. The SMILES string of the molecule is FC(F)(F)c1ccc2c(c1)Oc1ccc(Br)cc1N2. The van der Waals surface area contributed by atoms with Gasteiger partial charge in [0.25, 0.3) is 0 Å². The predicted octanol–water partition coefficient (Wildman–Crippen LogP) is 5.32. The third kappa shape index (κ3) is 2.28. The van der Waals surface area contributed by atoms with Crippen molar-refractivity contribution in [1.82, 2.24) is 0 Å². The van der Waals surface area contributed by atoms with Crippen molar-refractivity contribution in [3.05, 3.63) is 46.4 Å². The Balaban J connectivity index is 2.03. The highest BCUT2D eigenvalue weighted by molar-refractivity contribution is 9.10. The van der Waals surface area contributed by atoms with Gasteiger partial charge in [-0.2, -0.15) is 13.2 Å². The lowest BCUT2D eigenvalue weighted by Gasteiger charge is -2.22. The molecule has 0 saturated carbocycles. The van der Waals surface area contributed by atoms with Crippen LogP contribution in [0.3, 0.4) is 0 Å². The molecule has 2 nitrogen and oxygen atoms in total. The van der Waals surface area contributed by atoms with E-state index in [-0.39, 0.29) is 5.75 Å². The van der Waals surface area contributed by atoms with Gasteiger partial charge in [0.2, 0.25) is 0 Å². The second kappa shape index (κ2) is 4.16. The van der Waals surface area contributed by atoms with Crippen molar-refractivity contribution in [2.75, 3.05) is 5.32 Å². The van der Waals surface area contributed by atoms with Crippen LogP contribution in [-0.2, 0) is 6.18 Å². The van der Waals surface area contributed by atoms with Gasteiger partial charge in [0, 0.05) is 4.47 Å². The Bertz CT molecular complexity index is 655. The Morgan fingerprint density at radius 2 is 1.74 bits per heavy atom. The Kier molecular flexibility index (Phi) is 2.70. The average molecular weight is 330 g/mol. The zero-order chi connectivity index (χ0) is 13.6. The maximum atomic E-state index is 12.6. The van der Waals surface area contributed by atoms with E-state index < -0.39 is 11.7 Å². The van der Waals surface area contributed by atoms with Crippen LogP contribution in [0, 0.1) is 0 Å². The van der Waals surface area contributed by atoms with Crippen LogP contribution in [0.5, 0.6) is 11.5 Å². The summed E-state index contributed by atoms with van der Waals surface area (Å²) in [5.41, 5.74) is 0.494. The summed E-state index contributed by atoms with van der Waals surface area (Å²) in [6.45, 7) is 0. The van der Waals surface area contributed by atoms with Crippen LogP contribution in [-0.4, -0.2) is 0 Å². The highest BCUT2D eigenvalue weighted by Crippen LogP contribution is 2.44. The van der Waals surface area contributed by atoms with E-state index in [9.17, 15) is 13.2 Å². The second-order valence-corrected chi connectivity index (χ2v) is 4.99. The molecule has 0 unspecified atom stereocenters. The third-order valence-electron chi connectivity index (χ3n) is 2.74. The number of anilines is 2. The predicted molar refractivity (Wildman–Crippen MR) is 68.9 cm³/mol. The summed E-state index contributed by atoms with van der Waals surface area (Å²) in [5.74, 6) is 0.666. The average Bonchev–Trinajstić information content (AvgIpc) is 2.34. The van der Waals surface area contributed by atoms with E-state index in [4.69, 9.17) is 4.74 Å². The summed E-state index contributed by atoms with van der Waals surface area (Å²) in [7, 11) is 0. The Labute approximate surface area is 115 Å². The molecule has 98 valence electrons. The number of hydrogen-bond acceptors (Lipinski definition) is 2. The maximum Gasteiger partial charge on any atom is 0.416 e. The minimum atomic E-state index is -4.38. The first-order valence-corrected chi connectivity index (χ1v) is 6.18. The topological polar surface area (TPSA) is 21.3 Å². The minimum absolute atomic E-state index is 0.171. The first kappa shape index (κ1) is 12.3. The molecule has 1 heterocycles. The summed E-state index contributed by atoms with van der Waals surface area (Å²) >= 11 is 3.32. The van der Waals surface area contributed by atoms with Crippen LogP contribution in [0.2, 0.25) is 0 Å². The second-order valence-electron chi connectivity index (χ2n) is 4.08. The lowest BCUT2D eigenvalue weighted by molar-refractivity contribution is -0.137. The van der Waals surface area contributed by atoms with Crippen molar-refractivity contribution in [2.24, 2.45) is 0 Å². The van der Waals surface area contributed by atoms with E-state index in [0.717, 1.165) is 16.6 Å². The van der Waals surface area contributed by atoms with E-state index >= 15 is 0 Å². The van der Waals surface area contributed by atoms with Crippen molar-refractivity contribution in [3.8, 4) is 11.5 Å². The van der Waals surface area contributed by atoms with Gasteiger partial charge in [0.05, 0.1) is 16.9 Å². The van der Waals surface area contributed by atoms with Crippen LogP contribution in [0.4, 0.5) is 24.5 Å². The molecule has 0 aromatic heterocycles. The lowest BCUT2D eigenvalue weighted by atomic mass is 10.1. The van der Waals surface area contributed by atoms with Gasteiger partial charge in [-0.3, -0.25) is 0 Å². The molecule has 0 aliphatic carbocycles. The number of nitrogens with one attached hydrogen (secondary N) is 1. The summed E-state index contributed by atoms with van der Waals surface area (Å²) in [6.07, 6.45) is -4.38. The molecule has 1 aliphatic rings. The molecule has 0 atom stereocenters. The van der Waals surface area contributed by atoms with E-state index in [1.807, 2.05) is 0 Å². The fourth-order valence-electron chi connectivity index (χ4n) is 1.84. The van der Waals surface area contributed by atoms with Gasteiger partial charge >= 0.3 is 6.18 Å². The van der Waals surface area contributed by atoms with Crippen LogP contribution >= 0.6 is 15.9 Å². The van der Waals surface area contributed by atoms with Crippen molar-refractivity contribution in [2.45, 2.75) is 6.18 Å². The van der Waals surface area contributed by atoms with Crippen LogP contribution in [0.1, 0.15) is 5.56 Å². The zero-order valence-electron chi connectivity index (χ0n) is 9.38. The lowest BCUT2D eigenvalue weighted by Crippen LogP contribution is -2.08. The van der Waals surface area contributed by atoms with Gasteiger partial charge in [0.1, 0.15) is 0 Å². The van der Waals surface area contributed by atoms with Crippen LogP contribution in [0.25, 0.3) is 0 Å². The fraction of sp³-hybridized carbons (Fsp3) is 0.0769. The normalized spacial score (nSPS) is 13.1. The molecule has 0 radical (unpaired) electrons. The first-order chi connectivity index (χ1) is 8.93. The van der Waals surface area contributed by atoms with Crippen molar-refractivity contribution in [1.29, 1.82) is 0 Å². The van der Waals surface area contributed by atoms with E-state index in [1.54, 1.807) is 18.2 Å². The Morgan fingerprint density at radius 1 is 0.947 bits per heavy atom. The van der Waals surface area contributed by atoms with E-state index in [1.165, 1.54) is 6.07 Å². The van der Waals surface area contributed by atoms with E-state index in [0.29, 0.717) is 17.1 Å². The van der Waals surface area contributed by atoms with Crippen LogP contribution < -0.4 is 10.1 Å². The number of fused-ring (bicyclic) bond motifs is 2. The number of halogens is 4. The number of hydrogen-bond donors (Lipinski definition) is 1. The van der Waals surface area contributed by atoms with Crippen molar-refractivity contribution >= 4 is 27.3 Å². The number of ether oxygens (including phenoxy) is 1. The van der Waals surface area contributed by atoms with Gasteiger partial charge in [-0.05, 0) is 36.4 Å². The molecular formula is C13H7BrF3NO. The van der Waals surface area contributed by atoms with Crippen molar-refractivity contribution in [3.63, 3.8) is 0 Å². The van der Waals surface area contributed by atoms with Crippen LogP contribution in [0.15, 0.2) is 40.9 Å². The standard InChI is InChI=1S/C13H7BrF3NO/c14-8-2-4-11-10(6-8)18-9-3-1-7(13(15,16)17)5-12(9)19-11/h1-6,18H. The smallest absolute Gasteiger partial charge is 0.416 e. The summed E-state index contributed by atoms with van der Waals surface area (Å²) in [5, 5.41) is 3.04. The van der Waals surface area contributed by atoms with Gasteiger partial charge in [0.15, 0.2) is 11.5 Å². The largest absolute Gasteiger partial charge is 0.453 e. The van der Waals surface area contributed by atoms with Gasteiger partial charge in [-0.25, -0.2) is 0 Å². The quantitative estimate of drug-likeness (QED) is 0.602. The molecule has 1 N–H and O–H groups in total. The van der Waals surface area contributed by atoms with Gasteiger partial charge in [-0.1, -0.05) is 15.9 Å². The third-order valence-corrected chi connectivity index (χ3v) is 3.23. The molecule has 0 amide bonds. The molecule has 0 fully saturated rings. The first-order valence-electron chi connectivity index (χ1n) is 5.39. The molecule has 2 aromatic rings. The molecule has 0 bridgehead atoms. The molecule has 6 heteroatoms. The summed E-state index contributed by atoms with van der Waals surface area (Å²) < 4.78 is 44.2. The highest BCUT2D eigenvalue weighted by atomic mass is 79.9. The van der Waals surface area contributed by atoms with Crippen molar-refractivity contribution < 1.29 is 17.9 Å².